The normalized spacial score (nSPS) is 25.9. The van der Waals surface area contributed by atoms with Crippen molar-refractivity contribution in [2.75, 3.05) is 7.11 Å². The van der Waals surface area contributed by atoms with Crippen molar-refractivity contribution in [2.45, 2.75) is 45.9 Å². The van der Waals surface area contributed by atoms with Gasteiger partial charge < -0.3 is 9.47 Å². The number of methoxy groups -OCH3 is 1. The summed E-state index contributed by atoms with van der Waals surface area (Å²) in [5, 5.41) is 0. The van der Waals surface area contributed by atoms with Gasteiger partial charge in [0.05, 0.1) is 0 Å². The smallest absolute Gasteiger partial charge is 0.263 e. The first-order valence-electron chi connectivity index (χ1n) is 6.63. The Morgan fingerprint density at radius 2 is 1.68 bits per heavy atom. The molecule has 1 aromatic carbocycles. The van der Waals surface area contributed by atoms with Crippen LogP contribution in [0.1, 0.15) is 40.2 Å². The van der Waals surface area contributed by atoms with Crippen molar-refractivity contribution < 1.29 is 9.47 Å². The Hall–Kier alpha value is -1.35. The topological polar surface area (TPSA) is 30.8 Å². The third-order valence-electron chi connectivity index (χ3n) is 3.51. The Kier molecular flexibility index (Phi) is 3.21. The molecule has 1 unspecified atom stereocenters. The lowest BCUT2D eigenvalue weighted by atomic mass is 9.88. The van der Waals surface area contributed by atoms with Crippen LogP contribution < -0.4 is 0 Å². The molecule has 2 rings (SSSR count). The Labute approximate surface area is 115 Å². The van der Waals surface area contributed by atoms with Crippen LogP contribution >= 0.6 is 0 Å². The average Bonchev–Trinajstić information content (AvgIpc) is 2.62. The van der Waals surface area contributed by atoms with Crippen molar-refractivity contribution in [3.63, 3.8) is 0 Å². The van der Waals surface area contributed by atoms with Gasteiger partial charge in [0.15, 0.2) is 5.90 Å². The first-order valence-corrected chi connectivity index (χ1v) is 6.63. The summed E-state index contributed by atoms with van der Waals surface area (Å²) in [6.07, 6.45) is 0. The molecule has 0 fully saturated rings. The van der Waals surface area contributed by atoms with Gasteiger partial charge in [-0.3, -0.25) is 0 Å². The molecule has 1 aliphatic heterocycles. The maximum atomic E-state index is 6.19. The third kappa shape index (κ3) is 2.16. The van der Waals surface area contributed by atoms with Gasteiger partial charge in [-0.2, -0.15) is 0 Å². The molecular weight excluding hydrogens is 238 g/mol. The van der Waals surface area contributed by atoms with E-state index in [0.717, 1.165) is 11.5 Å². The van der Waals surface area contributed by atoms with Crippen LogP contribution in [0.25, 0.3) is 0 Å². The number of nitrogens with zero attached hydrogens (tertiary/aromatic N) is 1. The molecule has 0 spiro atoms. The lowest BCUT2D eigenvalue weighted by Crippen LogP contribution is -2.46. The molecule has 104 valence electrons. The SMILES string of the molecule is COC1(c2ccccc2)OC(C(C)(C)C)=NC1(C)C. The molecule has 0 radical (unpaired) electrons. The summed E-state index contributed by atoms with van der Waals surface area (Å²) in [5.41, 5.74) is 0.392. The van der Waals surface area contributed by atoms with Gasteiger partial charge in [0.1, 0.15) is 5.54 Å². The van der Waals surface area contributed by atoms with E-state index in [9.17, 15) is 0 Å². The Bertz CT molecular complexity index is 485. The molecule has 1 atom stereocenters. The fraction of sp³-hybridized carbons (Fsp3) is 0.562. The Morgan fingerprint density at radius 1 is 1.11 bits per heavy atom. The van der Waals surface area contributed by atoms with E-state index in [2.05, 4.69) is 20.8 Å². The number of benzene rings is 1. The van der Waals surface area contributed by atoms with Crippen LogP contribution in [-0.4, -0.2) is 18.5 Å². The van der Waals surface area contributed by atoms with Crippen LogP contribution in [0.3, 0.4) is 0 Å². The minimum Gasteiger partial charge on any atom is -0.442 e. The molecule has 0 aromatic heterocycles. The van der Waals surface area contributed by atoms with Gasteiger partial charge in [-0.1, -0.05) is 51.1 Å². The minimum absolute atomic E-state index is 0.133. The zero-order chi connectivity index (χ0) is 14.3. The molecule has 0 aliphatic carbocycles. The molecule has 1 heterocycles. The molecule has 0 N–H and O–H groups in total. The van der Waals surface area contributed by atoms with Gasteiger partial charge in [-0.25, -0.2) is 4.99 Å². The van der Waals surface area contributed by atoms with E-state index in [1.807, 2.05) is 44.2 Å². The van der Waals surface area contributed by atoms with Crippen molar-refractivity contribution in [1.29, 1.82) is 0 Å². The van der Waals surface area contributed by atoms with Crippen LogP contribution in [0.15, 0.2) is 35.3 Å². The Morgan fingerprint density at radius 3 is 2.11 bits per heavy atom. The highest BCUT2D eigenvalue weighted by molar-refractivity contribution is 5.84. The summed E-state index contributed by atoms with van der Waals surface area (Å²) in [4.78, 5) is 4.76. The van der Waals surface area contributed by atoms with Gasteiger partial charge >= 0.3 is 0 Å². The summed E-state index contributed by atoms with van der Waals surface area (Å²) in [6, 6.07) is 10.0. The maximum Gasteiger partial charge on any atom is 0.263 e. The second kappa shape index (κ2) is 4.34. The second-order valence-corrected chi connectivity index (χ2v) is 6.51. The van der Waals surface area contributed by atoms with Gasteiger partial charge in [0, 0.05) is 18.1 Å². The molecule has 0 bridgehead atoms. The number of ether oxygens (including phenoxy) is 2. The van der Waals surface area contributed by atoms with Crippen LogP contribution in [-0.2, 0) is 15.3 Å². The summed E-state index contributed by atoms with van der Waals surface area (Å²) < 4.78 is 12.0. The molecular formula is C16H23NO2. The first-order chi connectivity index (χ1) is 8.73. The van der Waals surface area contributed by atoms with Crippen LogP contribution in [0.4, 0.5) is 0 Å². The van der Waals surface area contributed by atoms with E-state index < -0.39 is 11.3 Å². The van der Waals surface area contributed by atoms with Crippen molar-refractivity contribution in [2.24, 2.45) is 10.4 Å². The monoisotopic (exact) mass is 261 g/mol. The highest BCUT2D eigenvalue weighted by Crippen LogP contribution is 2.46. The van der Waals surface area contributed by atoms with Gasteiger partial charge in [0.2, 0.25) is 0 Å². The number of hydrogen-bond donors (Lipinski definition) is 0. The number of aliphatic imine (C=N–C) groups is 1. The van der Waals surface area contributed by atoms with Gasteiger partial charge in [0.25, 0.3) is 5.79 Å². The molecule has 3 heteroatoms. The molecule has 0 saturated heterocycles. The fourth-order valence-corrected chi connectivity index (χ4v) is 2.41. The summed E-state index contributed by atoms with van der Waals surface area (Å²) in [7, 11) is 1.68. The van der Waals surface area contributed by atoms with E-state index >= 15 is 0 Å². The van der Waals surface area contributed by atoms with Gasteiger partial charge in [-0.15, -0.1) is 0 Å². The molecule has 1 aliphatic rings. The van der Waals surface area contributed by atoms with Crippen molar-refractivity contribution in [3.05, 3.63) is 35.9 Å². The van der Waals surface area contributed by atoms with Crippen LogP contribution in [0, 0.1) is 5.41 Å². The van der Waals surface area contributed by atoms with E-state index in [1.54, 1.807) is 7.11 Å². The third-order valence-corrected chi connectivity index (χ3v) is 3.51. The summed E-state index contributed by atoms with van der Waals surface area (Å²) in [5.74, 6) is -0.111. The fourth-order valence-electron chi connectivity index (χ4n) is 2.41. The van der Waals surface area contributed by atoms with E-state index in [-0.39, 0.29) is 5.41 Å². The van der Waals surface area contributed by atoms with Gasteiger partial charge in [-0.05, 0) is 13.8 Å². The second-order valence-electron chi connectivity index (χ2n) is 6.51. The first kappa shape index (κ1) is 14.1. The number of hydrogen-bond acceptors (Lipinski definition) is 3. The minimum atomic E-state index is -0.850. The van der Waals surface area contributed by atoms with Crippen LogP contribution in [0.5, 0.6) is 0 Å². The van der Waals surface area contributed by atoms with E-state index in [4.69, 9.17) is 14.5 Å². The standard InChI is InChI=1S/C16H23NO2/c1-14(2,3)13-17-15(4,5)16(18-6,19-13)12-10-8-7-9-11-12/h7-11H,1-6H3. The predicted molar refractivity (Wildman–Crippen MR) is 77.2 cm³/mol. The quantitative estimate of drug-likeness (QED) is 0.812. The van der Waals surface area contributed by atoms with Crippen molar-refractivity contribution in [1.82, 2.24) is 0 Å². The van der Waals surface area contributed by atoms with Crippen molar-refractivity contribution >= 4 is 5.90 Å². The largest absolute Gasteiger partial charge is 0.442 e. The molecule has 3 nitrogen and oxygen atoms in total. The molecule has 19 heavy (non-hydrogen) atoms. The Balaban J connectivity index is 2.50. The van der Waals surface area contributed by atoms with E-state index in [0.29, 0.717) is 0 Å². The van der Waals surface area contributed by atoms with E-state index in [1.165, 1.54) is 0 Å². The summed E-state index contributed by atoms with van der Waals surface area (Å²) >= 11 is 0. The number of rotatable bonds is 2. The lowest BCUT2D eigenvalue weighted by molar-refractivity contribution is -0.206. The predicted octanol–water partition coefficient (Wildman–Crippen LogP) is 3.74. The zero-order valence-electron chi connectivity index (χ0n) is 12.7. The maximum absolute atomic E-state index is 6.19. The zero-order valence-corrected chi connectivity index (χ0v) is 12.7. The molecule has 0 amide bonds. The molecule has 0 saturated carbocycles. The van der Waals surface area contributed by atoms with Crippen molar-refractivity contribution in [3.8, 4) is 0 Å². The lowest BCUT2D eigenvalue weighted by Gasteiger charge is -2.37. The average molecular weight is 261 g/mol. The molecule has 1 aromatic rings. The highest BCUT2D eigenvalue weighted by Gasteiger charge is 2.56. The van der Waals surface area contributed by atoms with Crippen LogP contribution in [0.2, 0.25) is 0 Å². The summed E-state index contributed by atoms with van der Waals surface area (Å²) in [6.45, 7) is 10.4. The highest BCUT2D eigenvalue weighted by atomic mass is 16.7.